The summed E-state index contributed by atoms with van der Waals surface area (Å²) >= 11 is 0. The summed E-state index contributed by atoms with van der Waals surface area (Å²) in [6.07, 6.45) is 1.63. The Morgan fingerprint density at radius 2 is 1.54 bits per heavy atom. The van der Waals surface area contributed by atoms with Crippen molar-refractivity contribution in [1.82, 2.24) is 5.43 Å². The lowest BCUT2D eigenvalue weighted by atomic mass is 9.97. The summed E-state index contributed by atoms with van der Waals surface area (Å²) in [4.78, 5) is 12.0. The Balaban J connectivity index is 1.53. The highest BCUT2D eigenvalue weighted by molar-refractivity contribution is 6.13. The summed E-state index contributed by atoms with van der Waals surface area (Å²) in [5.74, 6) is -0.952. The molecule has 0 spiro atoms. The molecule has 4 aromatic rings. The van der Waals surface area contributed by atoms with Crippen LogP contribution < -0.4 is 10.2 Å². The van der Waals surface area contributed by atoms with E-state index in [-0.39, 0.29) is 12.4 Å². The fourth-order valence-electron chi connectivity index (χ4n) is 3.09. The number of nitrogens with zero attached hydrogens (tertiary/aromatic N) is 1. The lowest BCUT2D eigenvalue weighted by Crippen LogP contribution is -2.24. The van der Waals surface area contributed by atoms with Crippen molar-refractivity contribution in [2.45, 2.75) is 0 Å². The third kappa shape index (κ3) is 3.69. The second kappa shape index (κ2) is 7.88. The molecule has 0 saturated heterocycles. The summed E-state index contributed by atoms with van der Waals surface area (Å²) in [5.41, 5.74) is 3.35. The van der Waals surface area contributed by atoms with Gasteiger partial charge in [0.2, 0.25) is 0 Å². The van der Waals surface area contributed by atoms with E-state index in [0.29, 0.717) is 0 Å². The minimum atomic E-state index is -0.513. The maximum atomic E-state index is 13.5. The van der Waals surface area contributed by atoms with Crippen LogP contribution in [0, 0.1) is 5.82 Å². The summed E-state index contributed by atoms with van der Waals surface area (Å²) < 4.78 is 18.7. The van der Waals surface area contributed by atoms with E-state index in [0.717, 1.165) is 27.1 Å². The average Bonchev–Trinajstić information content (AvgIpc) is 2.72. The molecule has 4 rings (SSSR count). The summed E-state index contributed by atoms with van der Waals surface area (Å²) in [7, 11) is 0. The van der Waals surface area contributed by atoms with Crippen LogP contribution >= 0.6 is 0 Å². The van der Waals surface area contributed by atoms with Gasteiger partial charge in [-0.05, 0) is 39.7 Å². The first-order valence-electron chi connectivity index (χ1n) is 8.82. The summed E-state index contributed by atoms with van der Waals surface area (Å²) in [6, 6.07) is 24.1. The Hall–Kier alpha value is -3.73. The van der Waals surface area contributed by atoms with Crippen molar-refractivity contribution in [1.29, 1.82) is 0 Å². The zero-order valence-electron chi connectivity index (χ0n) is 14.9. The Morgan fingerprint density at radius 3 is 2.21 bits per heavy atom. The van der Waals surface area contributed by atoms with Gasteiger partial charge in [0.05, 0.1) is 6.21 Å². The number of benzene rings is 4. The fourth-order valence-corrected chi connectivity index (χ4v) is 3.09. The Morgan fingerprint density at radius 1 is 0.929 bits per heavy atom. The van der Waals surface area contributed by atoms with Crippen LogP contribution in [0.3, 0.4) is 0 Å². The minimum Gasteiger partial charge on any atom is -0.481 e. The standard InChI is InChI=1S/C23H17FN2O2/c24-21-11-5-6-12-22(21)28-15-23(27)26-25-14-20-18-9-3-1-7-16(18)13-17-8-2-4-10-19(17)20/h1-14H,15H2,(H,26,27)/b25-14-. The molecule has 1 N–H and O–H groups in total. The second-order valence-corrected chi connectivity index (χ2v) is 6.24. The number of ether oxygens (including phenoxy) is 1. The molecule has 0 saturated carbocycles. The third-order valence-electron chi connectivity index (χ3n) is 4.39. The largest absolute Gasteiger partial charge is 0.481 e. The van der Waals surface area contributed by atoms with Crippen molar-refractivity contribution in [2.75, 3.05) is 6.61 Å². The van der Waals surface area contributed by atoms with Crippen LogP contribution in [0.15, 0.2) is 84.0 Å². The highest BCUT2D eigenvalue weighted by Gasteiger charge is 2.07. The lowest BCUT2D eigenvalue weighted by Gasteiger charge is -2.08. The van der Waals surface area contributed by atoms with Crippen LogP contribution in [0.4, 0.5) is 4.39 Å². The average molecular weight is 372 g/mol. The smallest absolute Gasteiger partial charge is 0.277 e. The van der Waals surface area contributed by atoms with Gasteiger partial charge in [-0.15, -0.1) is 0 Å². The molecule has 0 aromatic heterocycles. The number of carbonyl (C=O) groups is 1. The molecule has 0 heterocycles. The molecule has 4 aromatic carbocycles. The lowest BCUT2D eigenvalue weighted by molar-refractivity contribution is -0.123. The minimum absolute atomic E-state index is 0.0293. The number of carbonyl (C=O) groups excluding carboxylic acids is 1. The molecule has 0 aliphatic carbocycles. The van der Waals surface area contributed by atoms with E-state index in [1.54, 1.807) is 18.3 Å². The van der Waals surface area contributed by atoms with Crippen LogP contribution in [0.2, 0.25) is 0 Å². The quantitative estimate of drug-likeness (QED) is 0.315. The number of hydrogen-bond acceptors (Lipinski definition) is 3. The molecule has 0 fully saturated rings. The second-order valence-electron chi connectivity index (χ2n) is 6.24. The predicted molar refractivity (Wildman–Crippen MR) is 109 cm³/mol. The number of para-hydroxylation sites is 1. The first-order valence-corrected chi connectivity index (χ1v) is 8.82. The molecule has 5 heteroatoms. The van der Waals surface area contributed by atoms with Crippen LogP contribution in [0.25, 0.3) is 21.5 Å². The van der Waals surface area contributed by atoms with Gasteiger partial charge in [0.25, 0.3) is 5.91 Å². The molecule has 1 amide bonds. The van der Waals surface area contributed by atoms with Crippen molar-refractivity contribution < 1.29 is 13.9 Å². The van der Waals surface area contributed by atoms with Crippen molar-refractivity contribution in [3.8, 4) is 5.75 Å². The molecule has 0 atom stereocenters. The van der Waals surface area contributed by atoms with Gasteiger partial charge >= 0.3 is 0 Å². The summed E-state index contributed by atoms with van der Waals surface area (Å²) in [6.45, 7) is -0.325. The normalized spacial score (nSPS) is 11.2. The van der Waals surface area contributed by atoms with Gasteiger partial charge < -0.3 is 4.74 Å². The first kappa shape index (κ1) is 17.7. The van der Waals surface area contributed by atoms with Crippen molar-refractivity contribution >= 4 is 33.7 Å². The van der Waals surface area contributed by atoms with Gasteiger partial charge in [-0.1, -0.05) is 60.7 Å². The third-order valence-corrected chi connectivity index (χ3v) is 4.39. The van der Waals surface area contributed by atoms with E-state index in [1.807, 2.05) is 48.5 Å². The van der Waals surface area contributed by atoms with Crippen molar-refractivity contribution in [2.24, 2.45) is 5.10 Å². The van der Waals surface area contributed by atoms with E-state index >= 15 is 0 Å². The van der Waals surface area contributed by atoms with Gasteiger partial charge in [-0.2, -0.15) is 5.10 Å². The van der Waals surface area contributed by atoms with E-state index in [4.69, 9.17) is 4.74 Å². The first-order chi connectivity index (χ1) is 13.7. The molecule has 0 aliphatic heterocycles. The molecule has 138 valence electrons. The number of amides is 1. The van der Waals surface area contributed by atoms with Crippen LogP contribution in [-0.2, 0) is 4.79 Å². The van der Waals surface area contributed by atoms with Crippen LogP contribution in [0.5, 0.6) is 5.75 Å². The molecule has 4 nitrogen and oxygen atoms in total. The molecular formula is C23H17FN2O2. The molecular weight excluding hydrogens is 355 g/mol. The van der Waals surface area contributed by atoms with E-state index in [9.17, 15) is 9.18 Å². The number of hydrogen-bond donors (Lipinski definition) is 1. The van der Waals surface area contributed by atoms with E-state index in [1.165, 1.54) is 12.1 Å². The zero-order valence-corrected chi connectivity index (χ0v) is 14.9. The van der Waals surface area contributed by atoms with Gasteiger partial charge in [0.1, 0.15) is 0 Å². The predicted octanol–water partition coefficient (Wildman–Crippen LogP) is 4.66. The molecule has 0 radical (unpaired) electrons. The molecule has 28 heavy (non-hydrogen) atoms. The number of nitrogens with one attached hydrogen (secondary N) is 1. The van der Waals surface area contributed by atoms with Gasteiger partial charge in [0, 0.05) is 5.56 Å². The number of fused-ring (bicyclic) bond motifs is 2. The molecule has 0 aliphatic rings. The highest BCUT2D eigenvalue weighted by atomic mass is 19.1. The Bertz CT molecular complexity index is 1130. The maximum absolute atomic E-state index is 13.5. The Labute approximate surface area is 161 Å². The molecule has 0 bridgehead atoms. The Kier molecular flexibility index (Phi) is 4.97. The van der Waals surface area contributed by atoms with Crippen LogP contribution in [-0.4, -0.2) is 18.7 Å². The van der Waals surface area contributed by atoms with Crippen LogP contribution in [0.1, 0.15) is 5.56 Å². The topological polar surface area (TPSA) is 50.7 Å². The fraction of sp³-hybridized carbons (Fsp3) is 0.0435. The highest BCUT2D eigenvalue weighted by Crippen LogP contribution is 2.27. The van der Waals surface area contributed by atoms with Gasteiger partial charge in [-0.3, -0.25) is 4.79 Å². The maximum Gasteiger partial charge on any atom is 0.277 e. The number of rotatable bonds is 5. The van der Waals surface area contributed by atoms with E-state index < -0.39 is 11.7 Å². The number of hydrazone groups is 1. The van der Waals surface area contributed by atoms with Crippen molar-refractivity contribution in [3.63, 3.8) is 0 Å². The summed E-state index contributed by atoms with van der Waals surface area (Å²) in [5, 5.41) is 8.35. The number of halogens is 1. The van der Waals surface area contributed by atoms with Gasteiger partial charge in [0.15, 0.2) is 18.2 Å². The zero-order chi connectivity index (χ0) is 19.3. The van der Waals surface area contributed by atoms with Crippen molar-refractivity contribution in [3.05, 3.63) is 90.2 Å². The monoisotopic (exact) mass is 372 g/mol. The van der Waals surface area contributed by atoms with E-state index in [2.05, 4.69) is 16.6 Å². The van der Waals surface area contributed by atoms with Gasteiger partial charge in [-0.25, -0.2) is 9.82 Å². The SMILES string of the molecule is O=C(COc1ccccc1F)N/N=C\c1c2ccccc2cc2ccccc12. The molecule has 0 unspecified atom stereocenters.